The van der Waals surface area contributed by atoms with Crippen molar-refractivity contribution in [3.8, 4) is 11.5 Å². The maximum atomic E-state index is 13.6. The van der Waals surface area contributed by atoms with Gasteiger partial charge in [-0.2, -0.15) is 0 Å². The van der Waals surface area contributed by atoms with Crippen molar-refractivity contribution in [2.24, 2.45) is 0 Å². The van der Waals surface area contributed by atoms with E-state index >= 15 is 0 Å². The van der Waals surface area contributed by atoms with Gasteiger partial charge in [-0.3, -0.25) is 0 Å². The lowest BCUT2D eigenvalue weighted by Gasteiger charge is -2.08. The van der Waals surface area contributed by atoms with Gasteiger partial charge < -0.3 is 4.74 Å². The molecule has 0 radical (unpaired) electrons. The molecule has 17 heavy (non-hydrogen) atoms. The van der Waals surface area contributed by atoms with Crippen LogP contribution in [0.2, 0.25) is 0 Å². The van der Waals surface area contributed by atoms with Crippen LogP contribution in [-0.4, -0.2) is 0 Å². The fraction of sp³-hybridized carbons (Fsp3) is 0.143. The molecule has 0 fully saturated rings. The molecule has 0 saturated carbocycles. The highest BCUT2D eigenvalue weighted by Gasteiger charge is 2.05. The normalized spacial score (nSPS) is 10.4. The van der Waals surface area contributed by atoms with E-state index in [0.29, 0.717) is 10.2 Å². The van der Waals surface area contributed by atoms with Crippen molar-refractivity contribution in [1.82, 2.24) is 0 Å². The highest BCUT2D eigenvalue weighted by atomic mass is 79.9. The van der Waals surface area contributed by atoms with E-state index in [1.54, 1.807) is 12.1 Å². The first-order valence-electron chi connectivity index (χ1n) is 5.26. The topological polar surface area (TPSA) is 9.23 Å². The molecule has 0 unspecified atom stereocenters. The van der Waals surface area contributed by atoms with Crippen molar-refractivity contribution < 1.29 is 9.13 Å². The summed E-state index contributed by atoms with van der Waals surface area (Å²) < 4.78 is 19.8. The van der Waals surface area contributed by atoms with Crippen LogP contribution in [0.5, 0.6) is 11.5 Å². The number of halogens is 2. The molecule has 0 aliphatic rings. The molecule has 0 saturated heterocycles. The number of benzene rings is 2. The average Bonchev–Trinajstić information content (AvgIpc) is 2.21. The first-order valence-corrected chi connectivity index (χ1v) is 6.05. The van der Waals surface area contributed by atoms with Crippen molar-refractivity contribution >= 4 is 15.9 Å². The van der Waals surface area contributed by atoms with Gasteiger partial charge in [0.15, 0.2) is 11.6 Å². The van der Waals surface area contributed by atoms with Crippen LogP contribution in [-0.2, 0) is 0 Å². The second-order valence-corrected chi connectivity index (χ2v) is 4.92. The van der Waals surface area contributed by atoms with Crippen molar-refractivity contribution in [3.63, 3.8) is 0 Å². The molecular formula is C14H12BrFO. The van der Waals surface area contributed by atoms with E-state index < -0.39 is 0 Å². The Balaban J connectivity index is 2.31. The Labute approximate surface area is 108 Å². The van der Waals surface area contributed by atoms with E-state index in [0.717, 1.165) is 11.1 Å². The molecule has 0 heterocycles. The Morgan fingerprint density at radius 1 is 1.00 bits per heavy atom. The monoisotopic (exact) mass is 294 g/mol. The van der Waals surface area contributed by atoms with Gasteiger partial charge in [-0.05, 0) is 55.3 Å². The fourth-order valence-electron chi connectivity index (χ4n) is 1.68. The van der Waals surface area contributed by atoms with Crippen LogP contribution in [0, 0.1) is 19.7 Å². The van der Waals surface area contributed by atoms with E-state index in [2.05, 4.69) is 15.9 Å². The summed E-state index contributed by atoms with van der Waals surface area (Å²) in [5.41, 5.74) is 2.19. The molecule has 88 valence electrons. The molecule has 0 atom stereocenters. The van der Waals surface area contributed by atoms with Gasteiger partial charge in [-0.15, -0.1) is 0 Å². The number of ether oxygens (including phenoxy) is 1. The molecule has 1 nitrogen and oxygen atoms in total. The Hall–Kier alpha value is -1.35. The Bertz CT molecular complexity index is 532. The lowest BCUT2D eigenvalue weighted by atomic mass is 10.1. The summed E-state index contributed by atoms with van der Waals surface area (Å²) in [6.07, 6.45) is 0. The van der Waals surface area contributed by atoms with Crippen LogP contribution >= 0.6 is 15.9 Å². The summed E-state index contributed by atoms with van der Waals surface area (Å²) in [5, 5.41) is 0. The highest BCUT2D eigenvalue weighted by molar-refractivity contribution is 9.10. The Morgan fingerprint density at radius 2 is 1.65 bits per heavy atom. The van der Waals surface area contributed by atoms with E-state index in [9.17, 15) is 4.39 Å². The third-order valence-corrected chi connectivity index (χ3v) is 2.81. The maximum Gasteiger partial charge on any atom is 0.166 e. The molecule has 0 aliphatic heterocycles. The summed E-state index contributed by atoms with van der Waals surface area (Å²) >= 11 is 3.21. The molecule has 0 spiro atoms. The van der Waals surface area contributed by atoms with Crippen LogP contribution in [0.4, 0.5) is 4.39 Å². The minimum absolute atomic E-state index is 0.234. The van der Waals surface area contributed by atoms with Gasteiger partial charge in [0.05, 0.1) is 0 Å². The summed E-state index contributed by atoms with van der Waals surface area (Å²) in [4.78, 5) is 0. The first kappa shape index (κ1) is 12.1. The zero-order valence-corrected chi connectivity index (χ0v) is 11.2. The zero-order valence-electron chi connectivity index (χ0n) is 9.63. The average molecular weight is 295 g/mol. The van der Waals surface area contributed by atoms with E-state index in [1.807, 2.05) is 32.0 Å². The smallest absolute Gasteiger partial charge is 0.166 e. The Morgan fingerprint density at radius 3 is 2.24 bits per heavy atom. The van der Waals surface area contributed by atoms with E-state index in [-0.39, 0.29) is 11.6 Å². The molecule has 0 aliphatic carbocycles. The zero-order chi connectivity index (χ0) is 12.4. The van der Waals surface area contributed by atoms with E-state index in [4.69, 9.17) is 4.74 Å². The van der Waals surface area contributed by atoms with Gasteiger partial charge in [-0.1, -0.05) is 22.0 Å². The number of hydrogen-bond acceptors (Lipinski definition) is 1. The third-order valence-electron chi connectivity index (χ3n) is 2.32. The van der Waals surface area contributed by atoms with Crippen molar-refractivity contribution in [3.05, 3.63) is 57.8 Å². The quantitative estimate of drug-likeness (QED) is 0.757. The second kappa shape index (κ2) is 4.88. The van der Waals surface area contributed by atoms with Crippen molar-refractivity contribution in [2.45, 2.75) is 13.8 Å². The predicted octanol–water partition coefficient (Wildman–Crippen LogP) is 5.00. The molecule has 2 aromatic carbocycles. The molecule has 0 amide bonds. The molecule has 0 aromatic heterocycles. The van der Waals surface area contributed by atoms with Crippen LogP contribution in [0.1, 0.15) is 11.1 Å². The van der Waals surface area contributed by atoms with Gasteiger partial charge >= 0.3 is 0 Å². The first-order chi connectivity index (χ1) is 8.04. The lowest BCUT2D eigenvalue weighted by molar-refractivity contribution is 0.441. The molecule has 2 rings (SSSR count). The SMILES string of the molecule is Cc1cc(C)cc(Oc2ccc(Br)cc2F)c1. The standard InChI is InChI=1S/C14H12BrFO/c1-9-5-10(2)7-12(6-9)17-14-4-3-11(15)8-13(14)16/h3-8H,1-2H3. The molecular weight excluding hydrogens is 283 g/mol. The largest absolute Gasteiger partial charge is 0.454 e. The van der Waals surface area contributed by atoms with Gasteiger partial charge in [0.25, 0.3) is 0 Å². The third kappa shape index (κ3) is 3.07. The number of aryl methyl sites for hydroxylation is 2. The molecule has 0 bridgehead atoms. The highest BCUT2D eigenvalue weighted by Crippen LogP contribution is 2.27. The van der Waals surface area contributed by atoms with Crippen molar-refractivity contribution in [2.75, 3.05) is 0 Å². The molecule has 2 aromatic rings. The van der Waals surface area contributed by atoms with Crippen LogP contribution in [0.25, 0.3) is 0 Å². The van der Waals surface area contributed by atoms with Crippen LogP contribution < -0.4 is 4.74 Å². The Kier molecular flexibility index (Phi) is 3.48. The van der Waals surface area contributed by atoms with E-state index in [1.165, 1.54) is 6.07 Å². The predicted molar refractivity (Wildman–Crippen MR) is 70.1 cm³/mol. The van der Waals surface area contributed by atoms with Gasteiger partial charge in [0.1, 0.15) is 5.75 Å². The summed E-state index contributed by atoms with van der Waals surface area (Å²) in [7, 11) is 0. The van der Waals surface area contributed by atoms with Crippen molar-refractivity contribution in [1.29, 1.82) is 0 Å². The second-order valence-electron chi connectivity index (χ2n) is 4.00. The fourth-order valence-corrected chi connectivity index (χ4v) is 2.01. The van der Waals surface area contributed by atoms with Crippen LogP contribution in [0.3, 0.4) is 0 Å². The maximum absolute atomic E-state index is 13.6. The van der Waals surface area contributed by atoms with Gasteiger partial charge in [0.2, 0.25) is 0 Å². The number of rotatable bonds is 2. The summed E-state index contributed by atoms with van der Waals surface area (Å²) in [5.74, 6) is 0.514. The number of hydrogen-bond donors (Lipinski definition) is 0. The molecule has 0 N–H and O–H groups in total. The minimum Gasteiger partial charge on any atom is -0.454 e. The van der Waals surface area contributed by atoms with Gasteiger partial charge in [0, 0.05) is 4.47 Å². The van der Waals surface area contributed by atoms with Crippen LogP contribution in [0.15, 0.2) is 40.9 Å². The summed E-state index contributed by atoms with van der Waals surface area (Å²) in [6.45, 7) is 3.97. The van der Waals surface area contributed by atoms with Gasteiger partial charge in [-0.25, -0.2) is 4.39 Å². The summed E-state index contributed by atoms with van der Waals surface area (Å²) in [6, 6.07) is 10.6. The molecule has 3 heteroatoms. The minimum atomic E-state index is -0.376. The lowest BCUT2D eigenvalue weighted by Crippen LogP contribution is -1.89.